The second-order valence-electron chi connectivity index (χ2n) is 2.53. The first-order valence-electron chi connectivity index (χ1n) is 3.20. The van der Waals surface area contributed by atoms with E-state index in [4.69, 9.17) is 0 Å². The molecule has 1 heterocycles. The Labute approximate surface area is 113 Å². The van der Waals surface area contributed by atoms with E-state index in [9.17, 15) is 0 Å². The van der Waals surface area contributed by atoms with Crippen LogP contribution >= 0.6 is 45.4 Å². The van der Waals surface area contributed by atoms with E-state index in [0.29, 0.717) is 0 Å². The van der Waals surface area contributed by atoms with E-state index in [1.165, 1.54) is 29.9 Å². The van der Waals surface area contributed by atoms with Crippen LogP contribution in [0.5, 0.6) is 0 Å². The molecule has 1 aromatic rings. The summed E-state index contributed by atoms with van der Waals surface area (Å²) in [5, 5.41) is 3.04. The van der Waals surface area contributed by atoms with Crippen molar-refractivity contribution < 1.29 is 18.6 Å². The molecule has 0 saturated heterocycles. The summed E-state index contributed by atoms with van der Waals surface area (Å²) in [4.78, 5) is 0. The Hall–Kier alpha value is 1.23. The van der Waals surface area contributed by atoms with Crippen molar-refractivity contribution in [3.05, 3.63) is 21.7 Å². The second-order valence-corrected chi connectivity index (χ2v) is 4.10. The number of rotatable bonds is 0. The van der Waals surface area contributed by atoms with Crippen molar-refractivity contribution in [1.29, 1.82) is 0 Å². The minimum atomic E-state index is 0. The molecule has 0 aliphatic carbocycles. The van der Waals surface area contributed by atoms with E-state index >= 15 is 0 Å². The molecule has 0 fully saturated rings. The van der Waals surface area contributed by atoms with Gasteiger partial charge in [-0.15, -0.1) is 42.5 Å². The van der Waals surface area contributed by atoms with E-state index in [-0.39, 0.29) is 55.8 Å². The Morgan fingerprint density at radius 1 is 1.00 bits per heavy atom. The molecule has 0 aromatic carbocycles. The van der Waals surface area contributed by atoms with Crippen LogP contribution in [0.4, 0.5) is 0 Å². The van der Waals surface area contributed by atoms with Gasteiger partial charge in [-0.1, -0.05) is 27.7 Å². The van der Waals surface area contributed by atoms with Crippen LogP contribution in [0, 0.1) is 27.7 Å². The fourth-order valence-corrected chi connectivity index (χ4v) is 2.14. The Morgan fingerprint density at radius 3 is 1.46 bits per heavy atom. The van der Waals surface area contributed by atoms with Gasteiger partial charge in [-0.2, -0.15) is 16.4 Å². The number of halogens is 3. The first-order chi connectivity index (χ1) is 4.13. The van der Waals surface area contributed by atoms with Crippen molar-refractivity contribution in [2.75, 3.05) is 0 Å². The van der Waals surface area contributed by atoms with Gasteiger partial charge in [0.1, 0.15) is 0 Å². The zero-order chi connectivity index (χ0) is 7.02. The molecule has 0 saturated carbocycles. The normalized spacial score (nSPS) is 7.69. The molecule has 0 amide bonds. The van der Waals surface area contributed by atoms with Crippen LogP contribution in [0.1, 0.15) is 21.7 Å². The SMILES string of the molecule is Cc1p[c-](C)c(C)c1C.Cl.Cl.Cl.[V]. The Morgan fingerprint density at radius 2 is 1.38 bits per heavy atom. The molecule has 79 valence electrons. The van der Waals surface area contributed by atoms with Crippen molar-refractivity contribution in [1.82, 2.24) is 0 Å². The standard InChI is InChI=1S/C8H12P.3ClH.V/c1-5-6(2)8(4)9-7(5)3;;;;/h1-4H3;3*1H;/q-1;;;;. The minimum Gasteiger partial charge on any atom is -0.220 e. The van der Waals surface area contributed by atoms with Crippen molar-refractivity contribution in [2.45, 2.75) is 27.7 Å². The molecule has 0 bridgehead atoms. The van der Waals surface area contributed by atoms with Crippen molar-refractivity contribution >= 4 is 45.4 Å². The zero-order valence-corrected chi connectivity index (χ0v) is 12.9. The predicted molar refractivity (Wildman–Crippen MR) is 65.2 cm³/mol. The van der Waals surface area contributed by atoms with Crippen LogP contribution in [0.2, 0.25) is 0 Å². The van der Waals surface area contributed by atoms with Crippen molar-refractivity contribution in [3.8, 4) is 0 Å². The Kier molecular flexibility index (Phi) is 17.9. The smallest absolute Gasteiger partial charge is 0 e. The van der Waals surface area contributed by atoms with Crippen LogP contribution in [-0.4, -0.2) is 0 Å². The van der Waals surface area contributed by atoms with Crippen LogP contribution in [-0.2, 0) is 18.6 Å². The van der Waals surface area contributed by atoms with E-state index in [1.54, 1.807) is 0 Å². The molecule has 0 unspecified atom stereocenters. The van der Waals surface area contributed by atoms with E-state index < -0.39 is 0 Å². The van der Waals surface area contributed by atoms with Crippen LogP contribution in [0.3, 0.4) is 0 Å². The maximum absolute atomic E-state index is 2.21. The third-order valence-corrected chi connectivity index (χ3v) is 3.32. The van der Waals surface area contributed by atoms with E-state index in [2.05, 4.69) is 27.7 Å². The molecule has 1 aromatic heterocycles. The van der Waals surface area contributed by atoms with Gasteiger partial charge in [0, 0.05) is 18.6 Å². The molecule has 1 radical (unpaired) electrons. The maximum atomic E-state index is 2.21. The molecule has 0 aliphatic rings. The predicted octanol–water partition coefficient (Wildman–Crippen LogP) is 4.48. The van der Waals surface area contributed by atoms with E-state index in [0.717, 1.165) is 0 Å². The fourth-order valence-electron chi connectivity index (χ4n) is 0.962. The average Bonchev–Trinajstić information content (AvgIpc) is 1.98. The minimum absolute atomic E-state index is 0. The summed E-state index contributed by atoms with van der Waals surface area (Å²) in [5.74, 6) is 0. The summed E-state index contributed by atoms with van der Waals surface area (Å²) in [6, 6.07) is 0. The van der Waals surface area contributed by atoms with Gasteiger partial charge in [0.2, 0.25) is 0 Å². The van der Waals surface area contributed by atoms with Gasteiger partial charge in [0.15, 0.2) is 0 Å². The molecular formula is C8H15Cl3PV-. The van der Waals surface area contributed by atoms with E-state index in [1.807, 2.05) is 0 Å². The van der Waals surface area contributed by atoms with Crippen molar-refractivity contribution in [2.24, 2.45) is 0 Å². The first kappa shape index (κ1) is 23.8. The van der Waals surface area contributed by atoms with Gasteiger partial charge >= 0.3 is 0 Å². The number of hydrogen-bond donors (Lipinski definition) is 0. The van der Waals surface area contributed by atoms with Crippen LogP contribution in [0.25, 0.3) is 0 Å². The van der Waals surface area contributed by atoms with Gasteiger partial charge in [-0.25, -0.2) is 8.19 Å². The summed E-state index contributed by atoms with van der Waals surface area (Å²) in [7, 11) is 1.44. The molecule has 1 rings (SSSR count). The molecule has 0 aliphatic heterocycles. The molecule has 0 spiro atoms. The van der Waals surface area contributed by atoms with Crippen LogP contribution in [0.15, 0.2) is 0 Å². The van der Waals surface area contributed by atoms with Gasteiger partial charge in [0.25, 0.3) is 0 Å². The topological polar surface area (TPSA) is 0 Å². The molecular weight excluding hydrogens is 284 g/mol. The molecule has 0 atom stereocenters. The molecule has 13 heavy (non-hydrogen) atoms. The van der Waals surface area contributed by atoms with Gasteiger partial charge in [0.05, 0.1) is 0 Å². The third kappa shape index (κ3) is 5.62. The zero-order valence-electron chi connectivity index (χ0n) is 8.12. The van der Waals surface area contributed by atoms with Gasteiger partial charge in [-0.05, 0) is 0 Å². The van der Waals surface area contributed by atoms with Gasteiger partial charge in [-0.3, -0.25) is 0 Å². The summed E-state index contributed by atoms with van der Waals surface area (Å²) in [5.41, 5.74) is 2.99. The largest absolute Gasteiger partial charge is 0.220 e. The summed E-state index contributed by atoms with van der Waals surface area (Å²) >= 11 is 0. The monoisotopic (exact) mass is 298 g/mol. The molecule has 5 heteroatoms. The molecule has 0 N–H and O–H groups in total. The maximum Gasteiger partial charge on any atom is 0 e. The summed E-state index contributed by atoms with van der Waals surface area (Å²) in [6.45, 7) is 8.82. The first-order valence-corrected chi connectivity index (χ1v) is 4.09. The van der Waals surface area contributed by atoms with Crippen LogP contribution < -0.4 is 0 Å². The second kappa shape index (κ2) is 9.78. The average molecular weight is 299 g/mol. The summed E-state index contributed by atoms with van der Waals surface area (Å²) in [6.07, 6.45) is 0. The third-order valence-electron chi connectivity index (χ3n) is 1.98. The fraction of sp³-hybridized carbons (Fsp3) is 0.500. The summed E-state index contributed by atoms with van der Waals surface area (Å²) < 4.78 is 0. The van der Waals surface area contributed by atoms with Gasteiger partial charge < -0.3 is 0 Å². The van der Waals surface area contributed by atoms with Crippen molar-refractivity contribution in [3.63, 3.8) is 0 Å². The number of aryl methyl sites for hydroxylation is 2. The molecule has 0 nitrogen and oxygen atoms in total. The quantitative estimate of drug-likeness (QED) is 0.620. The Bertz CT molecular complexity index is 213. The Balaban J connectivity index is -0.000000101. The number of hydrogen-bond acceptors (Lipinski definition) is 0.